The first-order valence-electron chi connectivity index (χ1n) is 7.15. The molecule has 3 rings (SSSR count). The van der Waals surface area contributed by atoms with E-state index in [0.29, 0.717) is 6.04 Å². The second kappa shape index (κ2) is 4.81. The van der Waals surface area contributed by atoms with Gasteiger partial charge in [0.1, 0.15) is 0 Å². The van der Waals surface area contributed by atoms with Gasteiger partial charge in [0.15, 0.2) is 0 Å². The SMILES string of the molecule is CCCN1CCN2c3c(cccc31)CNCC2C. The first-order chi connectivity index (χ1) is 8.81. The van der Waals surface area contributed by atoms with Crippen molar-refractivity contribution >= 4 is 11.4 Å². The van der Waals surface area contributed by atoms with E-state index in [1.807, 2.05) is 0 Å². The Kier molecular flexibility index (Phi) is 3.16. The molecule has 2 aliphatic rings. The van der Waals surface area contributed by atoms with Crippen molar-refractivity contribution < 1.29 is 0 Å². The van der Waals surface area contributed by atoms with Crippen molar-refractivity contribution in [3.05, 3.63) is 23.8 Å². The van der Waals surface area contributed by atoms with Gasteiger partial charge >= 0.3 is 0 Å². The number of nitrogens with zero attached hydrogens (tertiary/aromatic N) is 2. The Labute approximate surface area is 110 Å². The van der Waals surface area contributed by atoms with Crippen LogP contribution in [0.2, 0.25) is 0 Å². The lowest BCUT2D eigenvalue weighted by atomic mass is 10.1. The van der Waals surface area contributed by atoms with Crippen LogP contribution in [0.4, 0.5) is 11.4 Å². The summed E-state index contributed by atoms with van der Waals surface area (Å²) in [7, 11) is 0. The summed E-state index contributed by atoms with van der Waals surface area (Å²) < 4.78 is 0. The third kappa shape index (κ3) is 1.87. The van der Waals surface area contributed by atoms with Crippen LogP contribution in [0, 0.1) is 0 Å². The van der Waals surface area contributed by atoms with Crippen molar-refractivity contribution in [3.8, 4) is 0 Å². The van der Waals surface area contributed by atoms with Gasteiger partial charge in [0.05, 0.1) is 11.4 Å². The lowest BCUT2D eigenvalue weighted by Gasteiger charge is -2.41. The van der Waals surface area contributed by atoms with Crippen molar-refractivity contribution in [1.82, 2.24) is 5.32 Å². The average molecular weight is 245 g/mol. The minimum absolute atomic E-state index is 0.594. The van der Waals surface area contributed by atoms with Crippen LogP contribution in [0.25, 0.3) is 0 Å². The molecule has 0 radical (unpaired) electrons. The molecule has 1 aromatic rings. The smallest absolute Gasteiger partial charge is 0.0653 e. The Balaban J connectivity index is 2.06. The molecule has 0 amide bonds. The molecule has 1 atom stereocenters. The van der Waals surface area contributed by atoms with Gasteiger partial charge in [0.25, 0.3) is 0 Å². The van der Waals surface area contributed by atoms with E-state index in [-0.39, 0.29) is 0 Å². The van der Waals surface area contributed by atoms with Gasteiger partial charge in [0.2, 0.25) is 0 Å². The molecular weight excluding hydrogens is 222 g/mol. The summed E-state index contributed by atoms with van der Waals surface area (Å²) in [6.07, 6.45) is 1.22. The normalized spacial score (nSPS) is 22.7. The van der Waals surface area contributed by atoms with Crippen LogP contribution in [-0.2, 0) is 6.54 Å². The van der Waals surface area contributed by atoms with E-state index >= 15 is 0 Å². The van der Waals surface area contributed by atoms with E-state index in [0.717, 1.165) is 26.2 Å². The second-order valence-corrected chi connectivity index (χ2v) is 5.45. The Hall–Kier alpha value is -1.22. The van der Waals surface area contributed by atoms with Gasteiger partial charge in [-0.3, -0.25) is 0 Å². The molecule has 1 unspecified atom stereocenters. The third-order valence-corrected chi connectivity index (χ3v) is 4.12. The molecule has 1 aromatic carbocycles. The zero-order chi connectivity index (χ0) is 12.5. The molecule has 0 aliphatic carbocycles. The van der Waals surface area contributed by atoms with Crippen molar-refractivity contribution in [2.45, 2.75) is 32.9 Å². The Morgan fingerprint density at radius 2 is 2.22 bits per heavy atom. The molecule has 0 bridgehead atoms. The molecule has 3 nitrogen and oxygen atoms in total. The highest BCUT2D eigenvalue weighted by atomic mass is 15.3. The standard InChI is InChI=1S/C15H23N3/c1-3-7-17-8-9-18-12(2)10-16-11-13-5-4-6-14(17)15(13)18/h4-6,12,16H,3,7-11H2,1-2H3. The van der Waals surface area contributed by atoms with Gasteiger partial charge < -0.3 is 15.1 Å². The molecule has 0 fully saturated rings. The van der Waals surface area contributed by atoms with Crippen molar-refractivity contribution in [1.29, 1.82) is 0 Å². The highest BCUT2D eigenvalue weighted by Gasteiger charge is 2.29. The quantitative estimate of drug-likeness (QED) is 0.862. The zero-order valence-electron chi connectivity index (χ0n) is 11.4. The van der Waals surface area contributed by atoms with Gasteiger partial charge in [-0.1, -0.05) is 19.1 Å². The molecule has 1 N–H and O–H groups in total. The maximum absolute atomic E-state index is 3.56. The highest BCUT2D eigenvalue weighted by molar-refractivity contribution is 5.77. The van der Waals surface area contributed by atoms with Crippen molar-refractivity contribution in [3.63, 3.8) is 0 Å². The molecule has 2 aliphatic heterocycles. The molecule has 98 valence electrons. The Morgan fingerprint density at radius 1 is 1.33 bits per heavy atom. The van der Waals surface area contributed by atoms with Crippen LogP contribution in [0.1, 0.15) is 25.8 Å². The van der Waals surface area contributed by atoms with Crippen LogP contribution in [0.5, 0.6) is 0 Å². The van der Waals surface area contributed by atoms with E-state index in [4.69, 9.17) is 0 Å². The molecule has 3 heteroatoms. The minimum atomic E-state index is 0.594. The fraction of sp³-hybridized carbons (Fsp3) is 0.600. The van der Waals surface area contributed by atoms with E-state index in [1.54, 1.807) is 0 Å². The number of benzene rings is 1. The number of hydrogen-bond donors (Lipinski definition) is 1. The van der Waals surface area contributed by atoms with Crippen LogP contribution in [-0.4, -0.2) is 32.2 Å². The fourth-order valence-corrected chi connectivity index (χ4v) is 3.24. The van der Waals surface area contributed by atoms with Gasteiger partial charge in [-0.25, -0.2) is 0 Å². The van der Waals surface area contributed by atoms with E-state index in [2.05, 4.69) is 47.2 Å². The largest absolute Gasteiger partial charge is 0.368 e. The molecule has 2 heterocycles. The summed E-state index contributed by atoms with van der Waals surface area (Å²) in [4.78, 5) is 5.14. The zero-order valence-corrected chi connectivity index (χ0v) is 11.4. The third-order valence-electron chi connectivity index (χ3n) is 4.12. The topological polar surface area (TPSA) is 18.5 Å². The molecule has 18 heavy (non-hydrogen) atoms. The Morgan fingerprint density at radius 3 is 3.06 bits per heavy atom. The van der Waals surface area contributed by atoms with Crippen LogP contribution >= 0.6 is 0 Å². The molecule has 0 spiro atoms. The maximum Gasteiger partial charge on any atom is 0.0653 e. The summed E-state index contributed by atoms with van der Waals surface area (Å²) in [5, 5.41) is 3.56. The predicted octanol–water partition coefficient (Wildman–Crippen LogP) is 2.21. The van der Waals surface area contributed by atoms with Gasteiger partial charge in [-0.05, 0) is 25.0 Å². The summed E-state index contributed by atoms with van der Waals surface area (Å²) in [6, 6.07) is 7.36. The van der Waals surface area contributed by atoms with Crippen LogP contribution < -0.4 is 15.1 Å². The molecular formula is C15H23N3. The molecule has 0 saturated heterocycles. The number of rotatable bonds is 2. The fourth-order valence-electron chi connectivity index (χ4n) is 3.24. The first-order valence-corrected chi connectivity index (χ1v) is 7.15. The lowest BCUT2D eigenvalue weighted by molar-refractivity contribution is 0.570. The number of para-hydroxylation sites is 1. The predicted molar refractivity (Wildman–Crippen MR) is 77.5 cm³/mol. The van der Waals surface area contributed by atoms with E-state index in [9.17, 15) is 0 Å². The summed E-state index contributed by atoms with van der Waals surface area (Å²) >= 11 is 0. The van der Waals surface area contributed by atoms with Crippen LogP contribution in [0.15, 0.2) is 18.2 Å². The molecule has 0 aromatic heterocycles. The number of hydrogen-bond acceptors (Lipinski definition) is 3. The minimum Gasteiger partial charge on any atom is -0.368 e. The van der Waals surface area contributed by atoms with Gasteiger partial charge in [0, 0.05) is 38.8 Å². The summed E-state index contributed by atoms with van der Waals surface area (Å²) in [5.74, 6) is 0. The van der Waals surface area contributed by atoms with Crippen molar-refractivity contribution in [2.75, 3.05) is 36.0 Å². The Bertz CT molecular complexity index is 430. The summed E-state index contributed by atoms with van der Waals surface area (Å²) in [5.41, 5.74) is 4.38. The first kappa shape index (κ1) is 11.8. The monoisotopic (exact) mass is 245 g/mol. The van der Waals surface area contributed by atoms with E-state index in [1.165, 1.54) is 29.9 Å². The summed E-state index contributed by atoms with van der Waals surface area (Å²) in [6.45, 7) is 10.2. The highest BCUT2D eigenvalue weighted by Crippen LogP contribution is 2.38. The van der Waals surface area contributed by atoms with Crippen LogP contribution in [0.3, 0.4) is 0 Å². The average Bonchev–Trinajstić information content (AvgIpc) is 2.54. The lowest BCUT2D eigenvalue weighted by Crippen LogP contribution is -2.47. The maximum atomic E-state index is 3.56. The number of nitrogens with one attached hydrogen (secondary N) is 1. The number of anilines is 2. The van der Waals surface area contributed by atoms with Gasteiger partial charge in [-0.2, -0.15) is 0 Å². The second-order valence-electron chi connectivity index (χ2n) is 5.45. The van der Waals surface area contributed by atoms with Gasteiger partial charge in [-0.15, -0.1) is 0 Å². The molecule has 0 saturated carbocycles. The van der Waals surface area contributed by atoms with E-state index < -0.39 is 0 Å². The van der Waals surface area contributed by atoms with Crippen molar-refractivity contribution in [2.24, 2.45) is 0 Å².